The first-order valence-electron chi connectivity index (χ1n) is 6.90. The summed E-state index contributed by atoms with van der Waals surface area (Å²) in [6.45, 7) is 0.985. The first-order chi connectivity index (χ1) is 8.71. The van der Waals surface area contributed by atoms with Gasteiger partial charge in [-0.15, -0.1) is 0 Å². The predicted octanol–water partition coefficient (Wildman–Crippen LogP) is 2.28. The second-order valence-electron chi connectivity index (χ2n) is 6.11. The molecule has 1 aliphatic carbocycles. The van der Waals surface area contributed by atoms with Crippen LogP contribution in [0, 0.1) is 0 Å². The Bertz CT molecular complexity index is 501. The zero-order valence-electron chi connectivity index (χ0n) is 10.7. The number of hydrogen-bond donors (Lipinski definition) is 1. The van der Waals surface area contributed by atoms with Gasteiger partial charge in [0.25, 0.3) is 0 Å². The van der Waals surface area contributed by atoms with Crippen molar-refractivity contribution in [2.45, 2.75) is 43.2 Å². The highest BCUT2D eigenvalue weighted by atomic mass is 16.5. The molecule has 0 unspecified atom stereocenters. The molecule has 4 rings (SSSR count). The monoisotopic (exact) mass is 245 g/mol. The summed E-state index contributed by atoms with van der Waals surface area (Å²) >= 11 is 0. The van der Waals surface area contributed by atoms with Crippen LogP contribution in [0.4, 0.5) is 0 Å². The minimum absolute atomic E-state index is 0.170. The molecule has 3 nitrogen and oxygen atoms in total. The highest BCUT2D eigenvalue weighted by Gasteiger charge is 2.55. The van der Waals surface area contributed by atoms with Crippen molar-refractivity contribution in [2.75, 3.05) is 13.6 Å². The zero-order valence-corrected chi connectivity index (χ0v) is 10.7. The van der Waals surface area contributed by atoms with Crippen molar-refractivity contribution < 1.29 is 9.84 Å². The van der Waals surface area contributed by atoms with Crippen LogP contribution in [0.1, 0.15) is 31.2 Å². The topological polar surface area (TPSA) is 32.7 Å². The Morgan fingerprint density at radius 3 is 3.22 bits per heavy atom. The number of phenols is 1. The van der Waals surface area contributed by atoms with E-state index >= 15 is 0 Å². The average Bonchev–Trinajstić information content (AvgIpc) is 2.66. The molecule has 1 aromatic rings. The third kappa shape index (κ3) is 1.18. The molecule has 3 heteroatoms. The minimum atomic E-state index is 0.170. The molecule has 0 aromatic heterocycles. The molecule has 1 N–H and O–H groups in total. The second-order valence-corrected chi connectivity index (χ2v) is 6.11. The van der Waals surface area contributed by atoms with Crippen LogP contribution in [0.5, 0.6) is 11.5 Å². The van der Waals surface area contributed by atoms with Crippen LogP contribution in [0.3, 0.4) is 0 Å². The van der Waals surface area contributed by atoms with Gasteiger partial charge in [-0.25, -0.2) is 0 Å². The Kier molecular flexibility index (Phi) is 2.03. The number of benzene rings is 1. The lowest BCUT2D eigenvalue weighted by Crippen LogP contribution is -2.58. The van der Waals surface area contributed by atoms with Gasteiger partial charge in [0.05, 0.1) is 0 Å². The van der Waals surface area contributed by atoms with E-state index in [4.69, 9.17) is 4.74 Å². The molecule has 1 saturated carbocycles. The summed E-state index contributed by atoms with van der Waals surface area (Å²) < 4.78 is 6.10. The average molecular weight is 245 g/mol. The predicted molar refractivity (Wildman–Crippen MR) is 69.1 cm³/mol. The normalized spacial score (nSPS) is 37.8. The van der Waals surface area contributed by atoms with Crippen LogP contribution < -0.4 is 4.74 Å². The third-order valence-corrected chi connectivity index (χ3v) is 5.24. The molecule has 3 atom stereocenters. The maximum absolute atomic E-state index is 10.00. The zero-order chi connectivity index (χ0) is 12.3. The maximum Gasteiger partial charge on any atom is 0.165 e. The summed E-state index contributed by atoms with van der Waals surface area (Å²) in [5.74, 6) is 1.06. The molecule has 96 valence electrons. The van der Waals surface area contributed by atoms with Crippen molar-refractivity contribution >= 4 is 0 Å². The Hall–Kier alpha value is -1.22. The number of rotatable bonds is 0. The lowest BCUT2D eigenvalue weighted by molar-refractivity contribution is -0.00908. The number of piperidine rings is 1. The molecule has 0 radical (unpaired) electrons. The molecule has 1 spiro atoms. The van der Waals surface area contributed by atoms with Gasteiger partial charge in [0.2, 0.25) is 0 Å². The van der Waals surface area contributed by atoms with E-state index in [1.54, 1.807) is 6.07 Å². The van der Waals surface area contributed by atoms with Crippen molar-refractivity contribution in [2.24, 2.45) is 0 Å². The Morgan fingerprint density at radius 1 is 1.44 bits per heavy atom. The fourth-order valence-corrected chi connectivity index (χ4v) is 4.28. The van der Waals surface area contributed by atoms with E-state index in [1.165, 1.54) is 31.2 Å². The van der Waals surface area contributed by atoms with Crippen LogP contribution in [0.25, 0.3) is 0 Å². The Labute approximate surface area is 107 Å². The summed E-state index contributed by atoms with van der Waals surface area (Å²) in [5, 5.41) is 10.00. The number of likely N-dealkylation sites (N-methyl/N-ethyl adjacent to an activating group) is 1. The molecule has 18 heavy (non-hydrogen) atoms. The van der Waals surface area contributed by atoms with Crippen molar-refractivity contribution in [3.63, 3.8) is 0 Å². The van der Waals surface area contributed by atoms with Gasteiger partial charge in [0, 0.05) is 23.6 Å². The molecular formula is C15H19NO2. The van der Waals surface area contributed by atoms with Gasteiger partial charge < -0.3 is 9.84 Å². The lowest BCUT2D eigenvalue weighted by Gasteiger charge is -2.50. The number of para-hydroxylation sites is 1. The van der Waals surface area contributed by atoms with Gasteiger partial charge in [-0.2, -0.15) is 0 Å². The molecule has 2 heterocycles. The molecule has 3 aliphatic rings. The standard InChI is InChI=1S/C15H19NO2/c1-16-9-13-15(7-3-4-10(16)8-15)11-5-2-6-12(17)14(11)18-13/h2,5-6,10,13,17H,3-4,7-9H2,1H3/t10-,13+,15+/m1/s1. The molecule has 2 fully saturated rings. The maximum atomic E-state index is 10.00. The fourth-order valence-electron chi connectivity index (χ4n) is 4.28. The Morgan fingerprint density at radius 2 is 2.33 bits per heavy atom. The van der Waals surface area contributed by atoms with Crippen molar-refractivity contribution in [3.8, 4) is 11.5 Å². The number of fused-ring (bicyclic) bond motifs is 2. The van der Waals surface area contributed by atoms with Crippen LogP contribution >= 0.6 is 0 Å². The first-order valence-corrected chi connectivity index (χ1v) is 6.90. The molecule has 2 aliphatic heterocycles. The molecule has 1 aromatic carbocycles. The summed E-state index contributed by atoms with van der Waals surface area (Å²) in [4.78, 5) is 2.44. The van der Waals surface area contributed by atoms with Crippen LogP contribution in [-0.4, -0.2) is 35.7 Å². The van der Waals surface area contributed by atoms with Crippen LogP contribution in [0.2, 0.25) is 0 Å². The summed E-state index contributed by atoms with van der Waals surface area (Å²) in [5.41, 5.74) is 1.43. The highest BCUT2D eigenvalue weighted by molar-refractivity contribution is 5.54. The number of ether oxygens (including phenoxy) is 1. The van der Waals surface area contributed by atoms with Gasteiger partial charge in [-0.3, -0.25) is 4.90 Å². The first kappa shape index (κ1) is 10.7. The number of aromatic hydroxyl groups is 1. The molecular weight excluding hydrogens is 226 g/mol. The lowest BCUT2D eigenvalue weighted by atomic mass is 9.63. The van der Waals surface area contributed by atoms with E-state index < -0.39 is 0 Å². The fraction of sp³-hybridized carbons (Fsp3) is 0.600. The molecule has 1 saturated heterocycles. The van der Waals surface area contributed by atoms with Crippen molar-refractivity contribution in [1.82, 2.24) is 4.90 Å². The van der Waals surface area contributed by atoms with E-state index in [9.17, 15) is 5.11 Å². The summed E-state index contributed by atoms with van der Waals surface area (Å²) in [6, 6.07) is 6.53. The van der Waals surface area contributed by atoms with Gasteiger partial charge in [0.1, 0.15) is 6.10 Å². The van der Waals surface area contributed by atoms with E-state index in [0.29, 0.717) is 11.8 Å². The second kappa shape index (κ2) is 3.41. The quantitative estimate of drug-likeness (QED) is 0.761. The molecule has 2 bridgehead atoms. The SMILES string of the molecule is CN1C[C@@H]2Oc3c(O)cccc3[C@@]23CCC[C@@H]1C3. The van der Waals surface area contributed by atoms with E-state index in [1.807, 2.05) is 6.07 Å². The number of phenolic OH excluding ortho intramolecular Hbond substituents is 1. The summed E-state index contributed by atoms with van der Waals surface area (Å²) in [6.07, 6.45) is 5.19. The van der Waals surface area contributed by atoms with Gasteiger partial charge in [-0.1, -0.05) is 18.6 Å². The number of hydrogen-bond acceptors (Lipinski definition) is 3. The van der Waals surface area contributed by atoms with Gasteiger partial charge in [-0.05, 0) is 32.4 Å². The van der Waals surface area contributed by atoms with Crippen LogP contribution in [-0.2, 0) is 5.41 Å². The minimum Gasteiger partial charge on any atom is -0.504 e. The van der Waals surface area contributed by atoms with Crippen LogP contribution in [0.15, 0.2) is 18.2 Å². The highest BCUT2D eigenvalue weighted by Crippen LogP contribution is 2.56. The van der Waals surface area contributed by atoms with E-state index in [-0.39, 0.29) is 11.5 Å². The van der Waals surface area contributed by atoms with E-state index in [2.05, 4.69) is 18.0 Å². The Balaban J connectivity index is 1.86. The smallest absolute Gasteiger partial charge is 0.165 e. The third-order valence-electron chi connectivity index (χ3n) is 5.24. The largest absolute Gasteiger partial charge is 0.504 e. The van der Waals surface area contributed by atoms with Crippen molar-refractivity contribution in [3.05, 3.63) is 23.8 Å². The number of nitrogens with zero attached hydrogens (tertiary/aromatic N) is 1. The van der Waals surface area contributed by atoms with E-state index in [0.717, 1.165) is 12.3 Å². The number of likely N-dealkylation sites (tertiary alicyclic amines) is 1. The summed E-state index contributed by atoms with van der Waals surface area (Å²) in [7, 11) is 2.20. The van der Waals surface area contributed by atoms with Gasteiger partial charge in [0.15, 0.2) is 11.5 Å². The van der Waals surface area contributed by atoms with Gasteiger partial charge >= 0.3 is 0 Å². The molecule has 0 amide bonds. The van der Waals surface area contributed by atoms with Crippen molar-refractivity contribution in [1.29, 1.82) is 0 Å².